The fourth-order valence-electron chi connectivity index (χ4n) is 3.57. The number of nitrogen functional groups attached to an aromatic ring is 1. The molecular weight excluding hydrogens is 464 g/mol. The van der Waals surface area contributed by atoms with Crippen molar-refractivity contribution in [2.24, 2.45) is 0 Å². The van der Waals surface area contributed by atoms with E-state index in [1.807, 2.05) is 0 Å². The number of rotatable bonds is 9. The third-order valence-electron chi connectivity index (χ3n) is 5.59. The van der Waals surface area contributed by atoms with Gasteiger partial charge in [0.05, 0.1) is 25.5 Å². The maximum atomic E-state index is 14.1. The first kappa shape index (κ1) is 24.0. The zero-order chi connectivity index (χ0) is 23.8. The van der Waals surface area contributed by atoms with E-state index in [9.17, 15) is 24.0 Å². The van der Waals surface area contributed by atoms with Gasteiger partial charge in [-0.2, -0.15) is 5.10 Å². The van der Waals surface area contributed by atoms with Crippen LogP contribution in [0.5, 0.6) is 0 Å². The maximum absolute atomic E-state index is 14.1. The first-order valence-electron chi connectivity index (χ1n) is 10.2. The molecule has 1 unspecified atom stereocenters. The summed E-state index contributed by atoms with van der Waals surface area (Å²) in [6.07, 6.45) is -3.55. The normalized spacial score (nSPS) is 29.6. The number of nitrogens with two attached hydrogens (primary N) is 1. The van der Waals surface area contributed by atoms with E-state index in [0.29, 0.717) is 24.4 Å². The monoisotopic (exact) mass is 489 g/mol. The van der Waals surface area contributed by atoms with E-state index in [0.717, 1.165) is 0 Å². The summed E-state index contributed by atoms with van der Waals surface area (Å²) < 4.78 is 48.7. The van der Waals surface area contributed by atoms with Gasteiger partial charge in [-0.05, 0) is 19.1 Å². The van der Waals surface area contributed by atoms with Gasteiger partial charge in [0, 0.05) is 0 Å². The van der Waals surface area contributed by atoms with Crippen LogP contribution in [0.1, 0.15) is 18.7 Å². The number of halogens is 1. The smallest absolute Gasteiger partial charge is 0.323 e. The van der Waals surface area contributed by atoms with Crippen molar-refractivity contribution in [2.45, 2.75) is 43.0 Å². The van der Waals surface area contributed by atoms with E-state index in [-0.39, 0.29) is 11.9 Å². The molecule has 2 aromatic rings. The Labute approximate surface area is 187 Å². The van der Waals surface area contributed by atoms with Crippen LogP contribution in [0.4, 0.5) is 10.2 Å². The second-order valence-electron chi connectivity index (χ2n) is 7.91. The van der Waals surface area contributed by atoms with Crippen molar-refractivity contribution >= 4 is 25.5 Å². The van der Waals surface area contributed by atoms with Crippen molar-refractivity contribution in [3.8, 4) is 0 Å². The molecule has 13 nitrogen and oxygen atoms in total. The second-order valence-corrected chi connectivity index (χ2v) is 9.06. The maximum Gasteiger partial charge on any atom is 0.323 e. The van der Waals surface area contributed by atoms with Gasteiger partial charge in [0.15, 0.2) is 5.82 Å². The van der Waals surface area contributed by atoms with E-state index >= 15 is 0 Å². The van der Waals surface area contributed by atoms with Crippen LogP contribution in [-0.4, -0.2) is 87.2 Å². The molecule has 0 spiro atoms. The van der Waals surface area contributed by atoms with Gasteiger partial charge in [-0.1, -0.05) is 0 Å². The summed E-state index contributed by atoms with van der Waals surface area (Å²) in [5.74, 6) is -0.453. The lowest BCUT2D eigenvalue weighted by Crippen LogP contribution is -2.48. The molecule has 182 valence electrons. The van der Waals surface area contributed by atoms with Crippen molar-refractivity contribution in [3.05, 3.63) is 24.2 Å². The Balaban J connectivity index is 1.41. The summed E-state index contributed by atoms with van der Waals surface area (Å²) in [4.78, 5) is 15.8. The first-order valence-corrected chi connectivity index (χ1v) is 11.5. The number of anilines is 1. The number of carbonyl (C=O) groups is 1. The minimum Gasteiger partial charge on any atom is -0.456 e. The van der Waals surface area contributed by atoms with E-state index in [2.05, 4.69) is 15.2 Å². The average Bonchev–Trinajstić information content (AvgIpc) is 3.30. The topological polar surface area (TPSA) is 180 Å². The van der Waals surface area contributed by atoms with Crippen LogP contribution in [0.25, 0.3) is 5.52 Å². The molecule has 2 aliphatic rings. The molecule has 4 rings (SSSR count). The number of ether oxygens (including phenoxy) is 3. The third kappa shape index (κ3) is 4.60. The largest absolute Gasteiger partial charge is 0.456 e. The molecule has 2 aromatic heterocycles. The fourth-order valence-corrected chi connectivity index (χ4v) is 4.51. The Morgan fingerprint density at radius 1 is 1.48 bits per heavy atom. The molecule has 15 heteroatoms. The lowest BCUT2D eigenvalue weighted by atomic mass is 9.96. The number of fused-ring (bicyclic) bond motifs is 1. The zero-order valence-corrected chi connectivity index (χ0v) is 18.6. The molecule has 0 aliphatic carbocycles. The number of hydrogen-bond donors (Lipinski definition) is 4. The van der Waals surface area contributed by atoms with Crippen LogP contribution in [0.2, 0.25) is 0 Å². The van der Waals surface area contributed by atoms with Gasteiger partial charge in [0.1, 0.15) is 54.6 Å². The molecule has 0 saturated carbocycles. The predicted molar refractivity (Wildman–Crippen MR) is 110 cm³/mol. The van der Waals surface area contributed by atoms with Crippen LogP contribution >= 0.6 is 8.18 Å². The molecule has 0 radical (unpaired) electrons. The summed E-state index contributed by atoms with van der Waals surface area (Å²) in [5, 5.41) is 27.6. The minimum atomic E-state index is -3.06. The van der Waals surface area contributed by atoms with Gasteiger partial charge in [0.25, 0.3) is 8.18 Å². The Morgan fingerprint density at radius 3 is 2.91 bits per heavy atom. The molecule has 0 amide bonds. The van der Waals surface area contributed by atoms with Crippen molar-refractivity contribution < 1.29 is 42.7 Å². The molecule has 4 heterocycles. The summed E-state index contributed by atoms with van der Waals surface area (Å²) >= 11 is 0. The first-order chi connectivity index (χ1) is 15.8. The molecule has 33 heavy (non-hydrogen) atoms. The Hall–Kier alpha value is -2.19. The van der Waals surface area contributed by atoms with Crippen molar-refractivity contribution in [3.63, 3.8) is 0 Å². The van der Waals surface area contributed by atoms with Gasteiger partial charge in [-0.25, -0.2) is 19.0 Å². The molecule has 0 bridgehead atoms. The standard InChI is InChI=1S/C18H25FN5O8P/c1-9(17(27)31-10-4-29-5-10)23-33(28)30-7-18(6-19)15(26)13(25)14(32-18)11-2-3-12-16(20)21-8-22-24(11)12/h2-3,8-10,13-15,25-26,33H,4-7H2,1H3,(H,23,28)(H2,20,21,22)/t9-,13-,14-,15-,18+/m0/s1. The van der Waals surface area contributed by atoms with Crippen molar-refractivity contribution in [1.82, 2.24) is 19.7 Å². The molecule has 2 fully saturated rings. The Bertz CT molecular complexity index is 1040. The van der Waals surface area contributed by atoms with Gasteiger partial charge in [0.2, 0.25) is 0 Å². The van der Waals surface area contributed by atoms with E-state index in [1.165, 1.54) is 17.8 Å². The number of aliphatic hydroxyl groups excluding tert-OH is 2. The number of alkyl halides is 1. The highest BCUT2D eigenvalue weighted by atomic mass is 31.1. The van der Waals surface area contributed by atoms with Crippen LogP contribution in [0.15, 0.2) is 18.5 Å². The highest BCUT2D eigenvalue weighted by molar-refractivity contribution is 7.36. The van der Waals surface area contributed by atoms with Gasteiger partial charge in [-0.15, -0.1) is 0 Å². The quantitative estimate of drug-likeness (QED) is 0.253. The van der Waals surface area contributed by atoms with E-state index < -0.39 is 57.4 Å². The number of hydrogen-bond acceptors (Lipinski definition) is 11. The Morgan fingerprint density at radius 2 is 2.24 bits per heavy atom. The number of esters is 1. The van der Waals surface area contributed by atoms with Gasteiger partial charge < -0.3 is 34.7 Å². The molecular formula is C18H25FN5O8P. The van der Waals surface area contributed by atoms with Crippen molar-refractivity contribution in [1.29, 1.82) is 0 Å². The number of nitrogens with zero attached hydrogens (tertiary/aromatic N) is 3. The fraction of sp³-hybridized carbons (Fsp3) is 0.611. The van der Waals surface area contributed by atoms with Gasteiger partial charge >= 0.3 is 5.97 Å². The third-order valence-corrected chi connectivity index (χ3v) is 6.66. The van der Waals surface area contributed by atoms with E-state index in [1.54, 1.807) is 12.1 Å². The summed E-state index contributed by atoms with van der Waals surface area (Å²) in [6, 6.07) is 2.20. The highest BCUT2D eigenvalue weighted by Crippen LogP contribution is 2.42. The van der Waals surface area contributed by atoms with Crippen LogP contribution in [0.3, 0.4) is 0 Å². The molecule has 0 aromatic carbocycles. The second kappa shape index (κ2) is 9.58. The van der Waals surface area contributed by atoms with Gasteiger partial charge in [-0.3, -0.25) is 9.36 Å². The number of nitrogens with one attached hydrogen (secondary N) is 1. The molecule has 2 saturated heterocycles. The lowest BCUT2D eigenvalue weighted by Gasteiger charge is -2.29. The summed E-state index contributed by atoms with van der Waals surface area (Å²) in [7, 11) is -3.06. The highest BCUT2D eigenvalue weighted by Gasteiger charge is 2.56. The summed E-state index contributed by atoms with van der Waals surface area (Å²) in [5.41, 5.74) is 4.56. The predicted octanol–water partition coefficient (Wildman–Crippen LogP) is -0.861. The zero-order valence-electron chi connectivity index (χ0n) is 17.6. The minimum absolute atomic E-state index is 0.187. The summed E-state index contributed by atoms with van der Waals surface area (Å²) in [6.45, 7) is 0.151. The number of aliphatic hydroxyl groups is 2. The average molecular weight is 489 g/mol. The Kier molecular flexibility index (Phi) is 6.96. The SMILES string of the molecule is C[C@H](N[PH](=O)OC[C@@]1(CF)O[C@@H](c2ccc3c(N)ncnn23)[C@H](O)[C@@H]1O)C(=O)OC1COC1. The van der Waals surface area contributed by atoms with E-state index in [4.69, 9.17) is 24.5 Å². The van der Waals surface area contributed by atoms with Crippen LogP contribution in [0, 0.1) is 0 Å². The number of carbonyl (C=O) groups excluding carboxylic acids is 1. The molecule has 6 atom stereocenters. The lowest BCUT2D eigenvalue weighted by molar-refractivity contribution is -0.173. The van der Waals surface area contributed by atoms with Crippen LogP contribution in [-0.2, 0) is 28.1 Å². The molecule has 2 aliphatic heterocycles. The van der Waals surface area contributed by atoms with Crippen molar-refractivity contribution in [2.75, 3.05) is 32.2 Å². The number of aromatic nitrogens is 3. The van der Waals surface area contributed by atoms with Crippen LogP contribution < -0.4 is 10.8 Å². The molecule has 5 N–H and O–H groups in total.